The van der Waals surface area contributed by atoms with Gasteiger partial charge in [-0.2, -0.15) is 5.10 Å². The van der Waals surface area contributed by atoms with E-state index in [0.717, 1.165) is 17.7 Å². The topological polar surface area (TPSA) is 80.4 Å². The maximum Gasteiger partial charge on any atom is 0.277 e. The second-order valence-corrected chi connectivity index (χ2v) is 9.15. The molecule has 1 atom stereocenters. The van der Waals surface area contributed by atoms with Crippen molar-refractivity contribution in [2.75, 3.05) is 4.90 Å². The summed E-state index contributed by atoms with van der Waals surface area (Å²) in [5.41, 5.74) is 1.15. The molecule has 7 nitrogen and oxygen atoms in total. The van der Waals surface area contributed by atoms with Gasteiger partial charge in [0.15, 0.2) is 5.76 Å². The monoisotopic (exact) mass is 420 g/mol. The van der Waals surface area contributed by atoms with Gasteiger partial charge in [-0.1, -0.05) is 25.1 Å². The first kappa shape index (κ1) is 20.9. The van der Waals surface area contributed by atoms with E-state index >= 15 is 0 Å². The zero-order valence-corrected chi connectivity index (χ0v) is 18.6. The fourth-order valence-corrected chi connectivity index (χ4v) is 4.01. The van der Waals surface area contributed by atoms with E-state index in [-0.39, 0.29) is 18.4 Å². The van der Waals surface area contributed by atoms with Crippen LogP contribution < -0.4 is 10.2 Å². The quantitative estimate of drug-likeness (QED) is 0.691. The number of anilines is 1. The number of nitrogens with one attached hydrogen (secondary N) is 1. The number of benzene rings is 1. The number of hydrogen-bond acceptors (Lipinski definition) is 4. The van der Waals surface area contributed by atoms with Gasteiger partial charge in [-0.3, -0.25) is 19.2 Å². The molecule has 1 aliphatic heterocycles. The van der Waals surface area contributed by atoms with Gasteiger partial charge in [0.25, 0.3) is 5.91 Å². The first-order valence-electron chi connectivity index (χ1n) is 10.5. The molecule has 3 aromatic rings. The zero-order valence-electron chi connectivity index (χ0n) is 18.6. The number of hydrogen-bond donors (Lipinski definition) is 1. The van der Waals surface area contributed by atoms with Crippen LogP contribution in [0.5, 0.6) is 0 Å². The lowest BCUT2D eigenvalue weighted by Crippen LogP contribution is -2.66. The summed E-state index contributed by atoms with van der Waals surface area (Å²) in [7, 11) is 0. The molecule has 0 unspecified atom stereocenters. The van der Waals surface area contributed by atoms with E-state index in [1.807, 2.05) is 52.0 Å². The number of aromatic nitrogens is 2. The third-order valence-corrected chi connectivity index (χ3v) is 5.52. The van der Waals surface area contributed by atoms with Gasteiger partial charge in [-0.15, -0.1) is 0 Å². The van der Waals surface area contributed by atoms with Crippen molar-refractivity contribution in [3.05, 3.63) is 60.0 Å². The molecule has 1 N–H and O–H groups in total. The average Bonchev–Trinajstić information content (AvgIpc) is 3.36. The van der Waals surface area contributed by atoms with Crippen LogP contribution in [-0.2, 0) is 17.8 Å². The van der Waals surface area contributed by atoms with Gasteiger partial charge in [0, 0.05) is 17.3 Å². The standard InChI is InChI=1S/C24H28N4O3/c1-6-16-10-7-8-11-18(16)28-21(29)19-14-17(20-12-9-13-31-20)26-27(19)15-24(28,5)22(30)25-23(2,3)4/h7-14H,6,15H2,1-5H3,(H,25,30)/t24-/m0/s1. The highest BCUT2D eigenvalue weighted by Crippen LogP contribution is 2.36. The van der Waals surface area contributed by atoms with Crippen molar-refractivity contribution in [3.8, 4) is 11.5 Å². The lowest BCUT2D eigenvalue weighted by Gasteiger charge is -2.44. The summed E-state index contributed by atoms with van der Waals surface area (Å²) in [6, 6.07) is 13.0. The highest BCUT2D eigenvalue weighted by Gasteiger charge is 2.50. The Morgan fingerprint density at radius 3 is 2.61 bits per heavy atom. The van der Waals surface area contributed by atoms with Crippen LogP contribution in [0.1, 0.15) is 50.7 Å². The van der Waals surface area contributed by atoms with E-state index in [2.05, 4.69) is 10.4 Å². The molecular weight excluding hydrogens is 392 g/mol. The fourth-order valence-electron chi connectivity index (χ4n) is 4.01. The van der Waals surface area contributed by atoms with Crippen LogP contribution in [0.3, 0.4) is 0 Å². The number of nitrogens with zero attached hydrogens (tertiary/aromatic N) is 3. The average molecular weight is 421 g/mol. The van der Waals surface area contributed by atoms with Crippen LogP contribution in [-0.4, -0.2) is 32.7 Å². The van der Waals surface area contributed by atoms with Crippen molar-refractivity contribution in [3.63, 3.8) is 0 Å². The molecule has 3 heterocycles. The Bertz CT molecular complexity index is 1120. The maximum atomic E-state index is 13.8. The van der Waals surface area contributed by atoms with Crippen molar-refractivity contribution in [2.24, 2.45) is 0 Å². The normalized spacial score (nSPS) is 18.7. The van der Waals surface area contributed by atoms with E-state index in [9.17, 15) is 9.59 Å². The second kappa shape index (κ2) is 7.41. The minimum absolute atomic E-state index is 0.222. The maximum absolute atomic E-state index is 13.8. The van der Waals surface area contributed by atoms with Crippen LogP contribution in [0, 0.1) is 0 Å². The number of fused-ring (bicyclic) bond motifs is 1. The summed E-state index contributed by atoms with van der Waals surface area (Å²) in [5, 5.41) is 7.64. The van der Waals surface area contributed by atoms with E-state index in [1.54, 1.807) is 41.0 Å². The highest BCUT2D eigenvalue weighted by atomic mass is 16.3. The molecule has 0 bridgehead atoms. The van der Waals surface area contributed by atoms with Crippen LogP contribution in [0.2, 0.25) is 0 Å². The first-order chi connectivity index (χ1) is 14.6. The third kappa shape index (κ3) is 3.65. The minimum atomic E-state index is -1.16. The van der Waals surface area contributed by atoms with Gasteiger partial charge in [0.1, 0.15) is 16.9 Å². The van der Waals surface area contributed by atoms with Gasteiger partial charge in [-0.05, 0) is 57.9 Å². The van der Waals surface area contributed by atoms with Gasteiger partial charge < -0.3 is 9.73 Å². The smallest absolute Gasteiger partial charge is 0.277 e. The van der Waals surface area contributed by atoms with E-state index in [1.165, 1.54) is 0 Å². The Morgan fingerprint density at radius 2 is 1.97 bits per heavy atom. The molecule has 0 saturated heterocycles. The summed E-state index contributed by atoms with van der Waals surface area (Å²) in [4.78, 5) is 29.0. The first-order valence-corrected chi connectivity index (χ1v) is 10.5. The minimum Gasteiger partial charge on any atom is -0.463 e. The SMILES string of the molecule is CCc1ccccc1N1C(=O)c2cc(-c3ccco3)nn2C[C@@]1(C)C(=O)NC(C)(C)C. The number of carbonyl (C=O) groups is 2. The Labute approximate surface area is 182 Å². The Morgan fingerprint density at radius 1 is 1.23 bits per heavy atom. The molecule has 0 radical (unpaired) electrons. The third-order valence-electron chi connectivity index (χ3n) is 5.52. The number of carbonyl (C=O) groups excluding carboxylic acids is 2. The molecule has 31 heavy (non-hydrogen) atoms. The summed E-state index contributed by atoms with van der Waals surface area (Å²) in [6.07, 6.45) is 2.31. The Kier molecular flexibility index (Phi) is 5.00. The van der Waals surface area contributed by atoms with Crippen molar-refractivity contribution < 1.29 is 14.0 Å². The second-order valence-electron chi connectivity index (χ2n) is 9.15. The van der Waals surface area contributed by atoms with Crippen molar-refractivity contribution in [1.29, 1.82) is 0 Å². The van der Waals surface area contributed by atoms with E-state index in [4.69, 9.17) is 4.42 Å². The number of rotatable bonds is 4. The van der Waals surface area contributed by atoms with Crippen LogP contribution in [0.25, 0.3) is 11.5 Å². The molecule has 0 saturated carbocycles. The van der Waals surface area contributed by atoms with Gasteiger partial charge in [-0.25, -0.2) is 0 Å². The molecule has 0 fully saturated rings. The summed E-state index contributed by atoms with van der Waals surface area (Å²) in [6.45, 7) is 9.86. The van der Waals surface area contributed by atoms with Gasteiger partial charge in [0.2, 0.25) is 5.91 Å². The lowest BCUT2D eigenvalue weighted by atomic mass is 9.91. The number of amides is 2. The molecular formula is C24H28N4O3. The zero-order chi connectivity index (χ0) is 22.4. The predicted octanol–water partition coefficient (Wildman–Crippen LogP) is 4.04. The largest absolute Gasteiger partial charge is 0.463 e. The molecule has 4 rings (SSSR count). The summed E-state index contributed by atoms with van der Waals surface area (Å²) in [5.74, 6) is 0.0972. The summed E-state index contributed by atoms with van der Waals surface area (Å²) < 4.78 is 7.08. The van der Waals surface area contributed by atoms with Crippen LogP contribution in [0.4, 0.5) is 5.69 Å². The lowest BCUT2D eigenvalue weighted by molar-refractivity contribution is -0.128. The molecule has 1 aliphatic rings. The summed E-state index contributed by atoms with van der Waals surface area (Å²) >= 11 is 0. The van der Waals surface area contributed by atoms with E-state index < -0.39 is 11.1 Å². The molecule has 1 aromatic carbocycles. The van der Waals surface area contributed by atoms with E-state index in [0.29, 0.717) is 17.1 Å². The Balaban J connectivity index is 1.87. The molecule has 2 aromatic heterocycles. The highest BCUT2D eigenvalue weighted by molar-refractivity contribution is 6.12. The fraction of sp³-hybridized carbons (Fsp3) is 0.375. The van der Waals surface area contributed by atoms with Crippen LogP contribution in [0.15, 0.2) is 53.1 Å². The van der Waals surface area contributed by atoms with Gasteiger partial charge >= 0.3 is 0 Å². The molecule has 2 amide bonds. The van der Waals surface area contributed by atoms with Crippen LogP contribution >= 0.6 is 0 Å². The molecule has 0 spiro atoms. The Hall–Kier alpha value is -3.35. The van der Waals surface area contributed by atoms with Crippen molar-refractivity contribution in [1.82, 2.24) is 15.1 Å². The number of aryl methyl sites for hydroxylation is 1. The molecule has 162 valence electrons. The van der Waals surface area contributed by atoms with Crippen molar-refractivity contribution >= 4 is 17.5 Å². The predicted molar refractivity (Wildman–Crippen MR) is 119 cm³/mol. The van der Waals surface area contributed by atoms with Gasteiger partial charge in [0.05, 0.1) is 12.8 Å². The molecule has 0 aliphatic carbocycles. The number of para-hydroxylation sites is 1. The number of furan rings is 1. The molecule has 7 heteroatoms. The van der Waals surface area contributed by atoms with Crippen molar-refractivity contribution in [2.45, 2.75) is 58.7 Å².